The van der Waals surface area contributed by atoms with Crippen LogP contribution in [0.2, 0.25) is 10.0 Å². The maximum atomic E-state index is 13.2. The monoisotopic (exact) mass is 444 g/mol. The first-order valence-corrected chi connectivity index (χ1v) is 12.1. The van der Waals surface area contributed by atoms with Crippen molar-refractivity contribution in [1.82, 2.24) is 10.2 Å². The summed E-state index contributed by atoms with van der Waals surface area (Å²) in [5, 5.41) is 3.68. The lowest BCUT2D eigenvalue weighted by molar-refractivity contribution is -0.133. The van der Waals surface area contributed by atoms with E-state index in [-0.39, 0.29) is 11.8 Å². The van der Waals surface area contributed by atoms with Gasteiger partial charge in [-0.3, -0.25) is 9.59 Å². The van der Waals surface area contributed by atoms with E-state index >= 15 is 0 Å². The Morgan fingerprint density at radius 2 is 2.07 bits per heavy atom. The smallest absolute Gasteiger partial charge is 0.253 e. The Labute approximate surface area is 182 Å². The lowest BCUT2D eigenvalue weighted by atomic mass is 9.96. The van der Waals surface area contributed by atoms with Crippen LogP contribution >= 0.6 is 35.0 Å². The van der Waals surface area contributed by atoms with Crippen LogP contribution in [0.1, 0.15) is 55.8 Å². The molecule has 0 bridgehead atoms. The summed E-state index contributed by atoms with van der Waals surface area (Å²) in [6.07, 6.45) is 8.28. The van der Waals surface area contributed by atoms with Crippen LogP contribution in [0.25, 0.3) is 0 Å². The molecule has 0 aromatic heterocycles. The molecule has 1 heterocycles. The number of carbonyl (C=O) groups is 2. The summed E-state index contributed by atoms with van der Waals surface area (Å²) in [7, 11) is 0. The molecular formula is C21H30Cl2N2O2S. The van der Waals surface area contributed by atoms with E-state index in [1.807, 2.05) is 11.2 Å². The number of likely N-dealkylation sites (tertiary alicyclic amines) is 1. The number of rotatable bonds is 8. The average Bonchev–Trinajstić information content (AvgIpc) is 2.90. The maximum absolute atomic E-state index is 13.2. The summed E-state index contributed by atoms with van der Waals surface area (Å²) in [5.74, 6) is 1.19. The van der Waals surface area contributed by atoms with E-state index in [0.29, 0.717) is 27.9 Å². The first kappa shape index (κ1) is 23.4. The molecule has 1 aromatic carbocycles. The fourth-order valence-electron chi connectivity index (χ4n) is 3.71. The third-order valence-corrected chi connectivity index (χ3v) is 6.44. The van der Waals surface area contributed by atoms with Gasteiger partial charge < -0.3 is 10.2 Å². The molecule has 0 radical (unpaired) electrons. The second kappa shape index (κ2) is 11.9. The number of thioether (sulfide) groups is 1. The van der Waals surface area contributed by atoms with Gasteiger partial charge in [0.1, 0.15) is 6.04 Å². The van der Waals surface area contributed by atoms with E-state index in [1.165, 1.54) is 19.3 Å². The van der Waals surface area contributed by atoms with E-state index in [0.717, 1.165) is 31.7 Å². The van der Waals surface area contributed by atoms with Gasteiger partial charge in [0, 0.05) is 18.1 Å². The predicted molar refractivity (Wildman–Crippen MR) is 120 cm³/mol. The summed E-state index contributed by atoms with van der Waals surface area (Å²) in [6.45, 7) is 3.76. The highest BCUT2D eigenvalue weighted by molar-refractivity contribution is 7.98. The summed E-state index contributed by atoms with van der Waals surface area (Å²) >= 11 is 13.7. The number of halogens is 2. The lowest BCUT2D eigenvalue weighted by Crippen LogP contribution is -2.49. The average molecular weight is 445 g/mol. The van der Waals surface area contributed by atoms with Crippen molar-refractivity contribution in [3.8, 4) is 0 Å². The molecule has 28 heavy (non-hydrogen) atoms. The summed E-state index contributed by atoms with van der Waals surface area (Å²) in [6, 6.07) is 4.23. The van der Waals surface area contributed by atoms with E-state index in [1.54, 1.807) is 30.0 Å². The number of nitrogens with one attached hydrogen (secondary N) is 1. The Bertz CT molecular complexity index is 672. The molecule has 1 aliphatic heterocycles. The zero-order valence-electron chi connectivity index (χ0n) is 16.7. The van der Waals surface area contributed by atoms with Gasteiger partial charge in [0.15, 0.2) is 0 Å². The molecule has 1 aromatic rings. The van der Waals surface area contributed by atoms with E-state index in [4.69, 9.17) is 23.2 Å². The first-order chi connectivity index (χ1) is 13.5. The molecule has 7 heteroatoms. The summed E-state index contributed by atoms with van der Waals surface area (Å²) < 4.78 is 0. The van der Waals surface area contributed by atoms with Crippen molar-refractivity contribution in [1.29, 1.82) is 0 Å². The fourth-order valence-corrected chi connectivity index (χ4v) is 4.67. The van der Waals surface area contributed by atoms with Crippen LogP contribution in [0.5, 0.6) is 0 Å². The standard InChI is InChI=1S/C21H30Cl2N2O2S/c1-3-5-15-6-4-11-25(12-9-15)21(27)19(10-13-28-2)24-20(26)17-8-7-16(22)14-18(17)23/h7-8,14-15,19H,3-6,9-13H2,1-2H3,(H,24,26). The van der Waals surface area contributed by atoms with Crippen molar-refractivity contribution in [3.05, 3.63) is 33.8 Å². The van der Waals surface area contributed by atoms with Crippen molar-refractivity contribution >= 4 is 46.8 Å². The van der Waals surface area contributed by atoms with Crippen LogP contribution in [-0.2, 0) is 4.79 Å². The Hall–Kier alpha value is -0.910. The van der Waals surface area contributed by atoms with Gasteiger partial charge in [0.05, 0.1) is 10.6 Å². The topological polar surface area (TPSA) is 49.4 Å². The Balaban J connectivity index is 2.07. The molecule has 1 fully saturated rings. The summed E-state index contributed by atoms with van der Waals surface area (Å²) in [4.78, 5) is 27.8. The van der Waals surface area contributed by atoms with Crippen LogP contribution in [0.4, 0.5) is 0 Å². The van der Waals surface area contributed by atoms with Crippen LogP contribution in [-0.4, -0.2) is 47.9 Å². The van der Waals surface area contributed by atoms with Crippen LogP contribution in [0, 0.1) is 5.92 Å². The lowest BCUT2D eigenvalue weighted by Gasteiger charge is -2.27. The normalized spacial score (nSPS) is 18.4. The molecule has 0 saturated carbocycles. The quantitative estimate of drug-likeness (QED) is 0.593. The number of amides is 2. The van der Waals surface area contributed by atoms with Crippen LogP contribution in [0.15, 0.2) is 18.2 Å². The van der Waals surface area contributed by atoms with Gasteiger partial charge in [-0.1, -0.05) is 43.0 Å². The van der Waals surface area contributed by atoms with Gasteiger partial charge in [-0.2, -0.15) is 11.8 Å². The molecule has 0 spiro atoms. The van der Waals surface area contributed by atoms with Gasteiger partial charge in [-0.15, -0.1) is 0 Å². The van der Waals surface area contributed by atoms with Gasteiger partial charge in [-0.05, 0) is 61.8 Å². The van der Waals surface area contributed by atoms with Crippen LogP contribution in [0.3, 0.4) is 0 Å². The summed E-state index contributed by atoms with van der Waals surface area (Å²) in [5.41, 5.74) is 0.340. The molecule has 1 N–H and O–H groups in total. The molecule has 0 aliphatic carbocycles. The van der Waals surface area contributed by atoms with Gasteiger partial charge in [0.2, 0.25) is 5.91 Å². The second-order valence-electron chi connectivity index (χ2n) is 7.34. The predicted octanol–water partition coefficient (Wildman–Crippen LogP) is 5.27. The highest BCUT2D eigenvalue weighted by Crippen LogP contribution is 2.24. The second-order valence-corrected chi connectivity index (χ2v) is 9.17. The molecule has 1 aliphatic rings. The molecule has 156 valence electrons. The number of carbonyl (C=O) groups excluding carboxylic acids is 2. The number of hydrogen-bond donors (Lipinski definition) is 1. The zero-order valence-corrected chi connectivity index (χ0v) is 19.0. The third-order valence-electron chi connectivity index (χ3n) is 5.25. The van der Waals surface area contributed by atoms with Gasteiger partial charge in [0.25, 0.3) is 5.91 Å². The molecule has 2 rings (SSSR count). The van der Waals surface area contributed by atoms with Crippen molar-refractivity contribution in [2.24, 2.45) is 5.92 Å². The SMILES string of the molecule is CCCC1CCCN(C(=O)C(CCSC)NC(=O)c2ccc(Cl)cc2Cl)CC1. The van der Waals surface area contributed by atoms with Crippen LogP contribution < -0.4 is 5.32 Å². The molecule has 2 atom stereocenters. The molecule has 2 unspecified atom stereocenters. The van der Waals surface area contributed by atoms with Gasteiger partial charge >= 0.3 is 0 Å². The maximum Gasteiger partial charge on any atom is 0.253 e. The number of hydrogen-bond acceptors (Lipinski definition) is 3. The minimum absolute atomic E-state index is 0.0182. The molecule has 2 amide bonds. The Kier molecular flexibility index (Phi) is 9.96. The molecule has 1 saturated heterocycles. The Morgan fingerprint density at radius 1 is 1.29 bits per heavy atom. The minimum atomic E-state index is -0.533. The van der Waals surface area contributed by atoms with E-state index in [2.05, 4.69) is 12.2 Å². The first-order valence-electron chi connectivity index (χ1n) is 9.99. The van der Waals surface area contributed by atoms with Crippen molar-refractivity contribution in [2.45, 2.75) is 51.5 Å². The fraction of sp³-hybridized carbons (Fsp3) is 0.619. The van der Waals surface area contributed by atoms with Crippen molar-refractivity contribution in [3.63, 3.8) is 0 Å². The minimum Gasteiger partial charge on any atom is -0.341 e. The molecular weight excluding hydrogens is 415 g/mol. The third kappa shape index (κ3) is 6.85. The van der Waals surface area contributed by atoms with Gasteiger partial charge in [-0.25, -0.2) is 0 Å². The number of benzene rings is 1. The largest absolute Gasteiger partial charge is 0.341 e. The van der Waals surface area contributed by atoms with E-state index < -0.39 is 6.04 Å². The number of nitrogens with zero attached hydrogens (tertiary/aromatic N) is 1. The van der Waals surface area contributed by atoms with Crippen molar-refractivity contribution < 1.29 is 9.59 Å². The van der Waals surface area contributed by atoms with Crippen molar-refractivity contribution in [2.75, 3.05) is 25.1 Å². The highest BCUT2D eigenvalue weighted by Gasteiger charge is 2.28. The molecule has 4 nitrogen and oxygen atoms in total. The van der Waals surface area contributed by atoms with E-state index in [9.17, 15) is 9.59 Å². The highest BCUT2D eigenvalue weighted by atomic mass is 35.5. The zero-order chi connectivity index (χ0) is 20.5. The Morgan fingerprint density at radius 3 is 2.75 bits per heavy atom.